The number of hydrogen-bond acceptors (Lipinski definition) is 6. The summed E-state index contributed by atoms with van der Waals surface area (Å²) in [7, 11) is 0. The third-order valence-electron chi connectivity index (χ3n) is 7.80. The number of piperidine rings is 1. The maximum atomic E-state index is 14.0. The zero-order valence-electron chi connectivity index (χ0n) is 22.3. The molecule has 0 saturated carbocycles. The largest absolute Gasteiger partial charge is 0.454 e. The number of carbonyl (C=O) groups is 3. The molecule has 3 aromatic rings. The number of rotatable bonds is 6. The van der Waals surface area contributed by atoms with Crippen LogP contribution in [0.15, 0.2) is 77.3 Å². The van der Waals surface area contributed by atoms with Crippen LogP contribution >= 0.6 is 15.9 Å². The number of urea groups is 1. The molecule has 0 bridgehead atoms. The Kier molecular flexibility index (Phi) is 7.44. The summed E-state index contributed by atoms with van der Waals surface area (Å²) in [4.78, 5) is 45.4. The van der Waals surface area contributed by atoms with E-state index in [-0.39, 0.29) is 31.2 Å². The van der Waals surface area contributed by atoms with Crippen molar-refractivity contribution in [2.75, 3.05) is 43.3 Å². The fourth-order valence-electron chi connectivity index (χ4n) is 5.65. The first-order chi connectivity index (χ1) is 19.9. The number of anilines is 2. The zero-order chi connectivity index (χ0) is 28.4. The second-order valence-electron chi connectivity index (χ2n) is 10.3. The summed E-state index contributed by atoms with van der Waals surface area (Å²) < 4.78 is 11.6. The highest BCUT2D eigenvalue weighted by molar-refractivity contribution is 9.10. The lowest BCUT2D eigenvalue weighted by molar-refractivity contribution is -0.137. The van der Waals surface area contributed by atoms with Gasteiger partial charge < -0.3 is 34.8 Å². The van der Waals surface area contributed by atoms with Crippen molar-refractivity contribution in [2.24, 2.45) is 0 Å². The van der Waals surface area contributed by atoms with Crippen LogP contribution < -0.4 is 25.0 Å². The molecular weight excluding hydrogens is 590 g/mol. The predicted molar refractivity (Wildman–Crippen MR) is 157 cm³/mol. The Hall–Kier alpha value is -4.25. The lowest BCUT2D eigenvalue weighted by Gasteiger charge is -2.43. The molecule has 0 unspecified atom stereocenters. The summed E-state index contributed by atoms with van der Waals surface area (Å²) in [5.74, 6) is 1.01. The van der Waals surface area contributed by atoms with Gasteiger partial charge in [0.05, 0.1) is 6.67 Å². The highest BCUT2D eigenvalue weighted by Gasteiger charge is 2.54. The molecule has 3 aliphatic heterocycles. The number of likely N-dealkylation sites (tertiary alicyclic amines) is 1. The number of benzene rings is 3. The molecule has 3 heterocycles. The van der Waals surface area contributed by atoms with E-state index in [1.54, 1.807) is 9.80 Å². The minimum Gasteiger partial charge on any atom is -0.454 e. The summed E-state index contributed by atoms with van der Waals surface area (Å²) >= 11 is 3.43. The summed E-state index contributed by atoms with van der Waals surface area (Å²) in [6.45, 7) is 1.58. The number of halogens is 1. The summed E-state index contributed by atoms with van der Waals surface area (Å²) in [5, 5.41) is 5.86. The summed E-state index contributed by atoms with van der Waals surface area (Å²) in [6, 6.07) is 22.5. The van der Waals surface area contributed by atoms with Gasteiger partial charge in [0.1, 0.15) is 12.1 Å². The number of nitrogens with one attached hydrogen (secondary N) is 2. The number of para-hydroxylation sites is 1. The van der Waals surface area contributed by atoms with Gasteiger partial charge in [-0.1, -0.05) is 46.3 Å². The zero-order valence-corrected chi connectivity index (χ0v) is 23.9. The van der Waals surface area contributed by atoms with Crippen molar-refractivity contribution in [3.05, 3.63) is 82.8 Å². The summed E-state index contributed by atoms with van der Waals surface area (Å²) in [5.41, 5.74) is 1.67. The van der Waals surface area contributed by atoms with Crippen LogP contribution in [0.2, 0.25) is 0 Å². The number of hydrogen-bond donors (Lipinski definition) is 2. The number of fused-ring (bicyclic) bond motifs is 1. The fraction of sp³-hybridized carbons (Fsp3) is 0.300. The Bertz CT molecular complexity index is 1460. The van der Waals surface area contributed by atoms with Crippen LogP contribution in [-0.2, 0) is 16.1 Å². The van der Waals surface area contributed by atoms with Gasteiger partial charge in [0.2, 0.25) is 12.7 Å². The van der Waals surface area contributed by atoms with Gasteiger partial charge in [-0.3, -0.25) is 9.59 Å². The molecule has 4 amide bonds. The minimum atomic E-state index is -0.828. The smallest absolute Gasteiger partial charge is 0.321 e. The number of carbonyl (C=O) groups excluding carboxylic acids is 3. The third kappa shape index (κ3) is 5.54. The maximum absolute atomic E-state index is 14.0. The van der Waals surface area contributed by atoms with Gasteiger partial charge >= 0.3 is 6.03 Å². The molecule has 3 aromatic carbocycles. The van der Waals surface area contributed by atoms with Crippen LogP contribution in [0.4, 0.5) is 16.2 Å². The molecule has 0 aromatic heterocycles. The topological polar surface area (TPSA) is 103 Å². The molecule has 2 fully saturated rings. The first kappa shape index (κ1) is 26.9. The summed E-state index contributed by atoms with van der Waals surface area (Å²) in [6.07, 6.45) is 0.921. The maximum Gasteiger partial charge on any atom is 0.321 e. The van der Waals surface area contributed by atoms with Crippen molar-refractivity contribution in [3.63, 3.8) is 0 Å². The molecule has 0 radical (unpaired) electrons. The number of ether oxygens (including phenoxy) is 2. The first-order valence-electron chi connectivity index (χ1n) is 13.5. The third-order valence-corrected chi connectivity index (χ3v) is 8.29. The second kappa shape index (κ2) is 11.3. The molecule has 3 aliphatic rings. The molecule has 10 nitrogen and oxygen atoms in total. The van der Waals surface area contributed by atoms with Gasteiger partial charge in [-0.25, -0.2) is 4.79 Å². The molecule has 212 valence electrons. The molecular formula is C30H30BrN5O5. The average Bonchev–Trinajstić information content (AvgIpc) is 3.55. The van der Waals surface area contributed by atoms with Crippen molar-refractivity contribution in [3.8, 4) is 11.5 Å². The van der Waals surface area contributed by atoms with Crippen LogP contribution in [0.3, 0.4) is 0 Å². The van der Waals surface area contributed by atoms with Crippen molar-refractivity contribution >= 4 is 45.2 Å². The van der Waals surface area contributed by atoms with E-state index in [0.29, 0.717) is 56.3 Å². The minimum absolute atomic E-state index is 0.0540. The normalized spacial score (nSPS) is 17.2. The van der Waals surface area contributed by atoms with Gasteiger partial charge in [0, 0.05) is 35.5 Å². The number of nitrogens with zero attached hydrogens (tertiary/aromatic N) is 3. The first-order valence-corrected chi connectivity index (χ1v) is 14.3. The monoisotopic (exact) mass is 619 g/mol. The Morgan fingerprint density at radius 1 is 0.927 bits per heavy atom. The van der Waals surface area contributed by atoms with E-state index >= 15 is 0 Å². The quantitative estimate of drug-likeness (QED) is 0.429. The van der Waals surface area contributed by atoms with Crippen LogP contribution in [0, 0.1) is 0 Å². The van der Waals surface area contributed by atoms with Gasteiger partial charge in [0.15, 0.2) is 11.5 Å². The Morgan fingerprint density at radius 2 is 1.71 bits per heavy atom. The van der Waals surface area contributed by atoms with E-state index in [1.165, 1.54) is 0 Å². The molecule has 2 N–H and O–H groups in total. The van der Waals surface area contributed by atoms with E-state index in [2.05, 4.69) is 31.5 Å². The highest BCUT2D eigenvalue weighted by atomic mass is 79.9. The molecule has 1 spiro atoms. The standard InChI is InChI=1S/C30H30BrN5O5/c31-22-5-4-6-23(16-22)33-29(39)34-13-11-30(12-14-34)28(38)35(19-36(30)24-7-2-1-3-8-24)18-27(37)32-17-21-9-10-25-26(15-21)41-20-40-25/h1-10,15-16H,11-14,17-20H2,(H,32,37)(H,33,39). The fourth-order valence-corrected chi connectivity index (χ4v) is 6.05. The van der Waals surface area contributed by atoms with E-state index < -0.39 is 5.54 Å². The molecule has 2 saturated heterocycles. The average molecular weight is 621 g/mol. The van der Waals surface area contributed by atoms with Gasteiger partial charge in [-0.2, -0.15) is 0 Å². The van der Waals surface area contributed by atoms with Crippen LogP contribution in [0.5, 0.6) is 11.5 Å². The molecule has 0 aliphatic carbocycles. The SMILES string of the molecule is O=C(CN1CN(c2ccccc2)C2(CCN(C(=O)Nc3cccc(Br)c3)CC2)C1=O)NCc1ccc2c(c1)OCO2. The molecule has 6 rings (SSSR count). The van der Waals surface area contributed by atoms with Crippen LogP contribution in [-0.4, -0.2) is 66.3 Å². The highest BCUT2D eigenvalue weighted by Crippen LogP contribution is 2.39. The van der Waals surface area contributed by atoms with Gasteiger partial charge in [-0.15, -0.1) is 0 Å². The van der Waals surface area contributed by atoms with Crippen molar-refractivity contribution in [1.29, 1.82) is 0 Å². The van der Waals surface area contributed by atoms with E-state index in [4.69, 9.17) is 9.47 Å². The van der Waals surface area contributed by atoms with Crippen molar-refractivity contribution in [1.82, 2.24) is 15.1 Å². The predicted octanol–water partition coefficient (Wildman–Crippen LogP) is 4.17. The number of amides is 4. The van der Waals surface area contributed by atoms with Crippen LogP contribution in [0.25, 0.3) is 0 Å². The van der Waals surface area contributed by atoms with Crippen molar-refractivity contribution in [2.45, 2.75) is 24.9 Å². The molecule has 11 heteroatoms. The van der Waals surface area contributed by atoms with Gasteiger partial charge in [0.25, 0.3) is 5.91 Å². The second-order valence-corrected chi connectivity index (χ2v) is 11.2. The van der Waals surface area contributed by atoms with Gasteiger partial charge in [-0.05, 0) is 60.9 Å². The Morgan fingerprint density at radius 3 is 2.49 bits per heavy atom. The Labute approximate surface area is 246 Å². The lowest BCUT2D eigenvalue weighted by atomic mass is 9.85. The lowest BCUT2D eigenvalue weighted by Crippen LogP contribution is -2.58. The van der Waals surface area contributed by atoms with E-state index in [9.17, 15) is 14.4 Å². The van der Waals surface area contributed by atoms with Crippen molar-refractivity contribution < 1.29 is 23.9 Å². The van der Waals surface area contributed by atoms with E-state index in [0.717, 1.165) is 15.7 Å². The molecule has 0 atom stereocenters. The van der Waals surface area contributed by atoms with Crippen LogP contribution in [0.1, 0.15) is 18.4 Å². The molecule has 41 heavy (non-hydrogen) atoms. The Balaban J connectivity index is 1.12. The van der Waals surface area contributed by atoms with E-state index in [1.807, 2.05) is 72.8 Å².